The zero-order valence-corrected chi connectivity index (χ0v) is 45.4. The van der Waals surface area contributed by atoms with Crippen molar-refractivity contribution in [3.63, 3.8) is 0 Å². The van der Waals surface area contributed by atoms with Gasteiger partial charge in [0, 0.05) is 60.1 Å². The summed E-state index contributed by atoms with van der Waals surface area (Å²) in [6.45, 7) is 4.32. The van der Waals surface area contributed by atoms with E-state index in [2.05, 4.69) is 216 Å². The number of rotatable bonds is 9. The van der Waals surface area contributed by atoms with Crippen molar-refractivity contribution >= 4 is 65.4 Å². The summed E-state index contributed by atoms with van der Waals surface area (Å²) in [4.78, 5) is 33.5. The molecule has 0 aliphatic heterocycles. The molecule has 9 heteroatoms. The van der Waals surface area contributed by atoms with Crippen molar-refractivity contribution in [2.45, 2.75) is 13.8 Å². The molecule has 0 bridgehead atoms. The van der Waals surface area contributed by atoms with Gasteiger partial charge in [-0.15, -0.1) is 0 Å². The highest BCUT2D eigenvalue weighted by Gasteiger charge is 2.33. The Bertz CT molecular complexity index is 5050. The van der Waals surface area contributed by atoms with Crippen molar-refractivity contribution in [3.05, 3.63) is 272 Å². The summed E-state index contributed by atoms with van der Waals surface area (Å²) in [7, 11) is 0. The van der Waals surface area contributed by atoms with Crippen molar-refractivity contribution in [2.75, 3.05) is 0 Å². The molecule has 0 unspecified atom stereocenters. The van der Waals surface area contributed by atoms with Gasteiger partial charge < -0.3 is 13.7 Å². The van der Waals surface area contributed by atoms with Crippen LogP contribution in [0.15, 0.2) is 261 Å². The van der Waals surface area contributed by atoms with Gasteiger partial charge in [-0.3, -0.25) is 0 Å². The summed E-state index contributed by atoms with van der Waals surface area (Å²) in [5.41, 5.74) is 15.8. The third-order valence-corrected chi connectivity index (χ3v) is 16.0. The molecule has 5 heterocycles. The number of aryl methyl sites for hydroxylation is 2. The van der Waals surface area contributed by atoms with Gasteiger partial charge in [0.05, 0.1) is 55.7 Å². The summed E-state index contributed by atoms with van der Waals surface area (Å²) in [5, 5.41) is 6.68. The standard InChI is InChI=1S/C74H49N9/c1-46-39-41-63-56(43-46)54-33-17-19-35-59(54)81(63)65-45-58(73-77-69(48-23-7-3-8-24-48)75-70(78-73)49-25-9-4-10-26-49)67(82-62-38-22-18-34-55(62)57-44-47(2)40-42-64(57)82)66(68(65)83-60-36-20-15-31-52(60)53-32-16-21-37-61(53)83)74-79-71(50-27-11-5-12-28-50)76-72(80-74)51-29-13-6-14-30-51/h3-45H,1-2H3. The van der Waals surface area contributed by atoms with E-state index in [-0.39, 0.29) is 0 Å². The molecule has 0 aliphatic rings. The quantitative estimate of drug-likeness (QED) is 0.143. The van der Waals surface area contributed by atoms with Gasteiger partial charge in [-0.1, -0.05) is 217 Å². The van der Waals surface area contributed by atoms with Crippen LogP contribution < -0.4 is 0 Å². The second kappa shape index (κ2) is 19.3. The van der Waals surface area contributed by atoms with Crippen molar-refractivity contribution in [1.29, 1.82) is 0 Å². The molecule has 0 saturated heterocycles. The Morgan fingerprint density at radius 1 is 0.241 bits per heavy atom. The van der Waals surface area contributed by atoms with E-state index in [1.165, 1.54) is 5.56 Å². The number of benzene rings is 11. The number of hydrogen-bond acceptors (Lipinski definition) is 6. The highest BCUT2D eigenvalue weighted by atomic mass is 15.1. The molecule has 16 aromatic rings. The first-order chi connectivity index (χ1) is 41.0. The minimum Gasteiger partial charge on any atom is -0.308 e. The van der Waals surface area contributed by atoms with E-state index >= 15 is 0 Å². The van der Waals surface area contributed by atoms with Crippen LogP contribution in [0.4, 0.5) is 0 Å². The van der Waals surface area contributed by atoms with Gasteiger partial charge >= 0.3 is 0 Å². The molecule has 5 aromatic heterocycles. The molecule has 9 nitrogen and oxygen atoms in total. The largest absolute Gasteiger partial charge is 0.308 e. The van der Waals surface area contributed by atoms with Crippen LogP contribution in [0.1, 0.15) is 11.1 Å². The van der Waals surface area contributed by atoms with Crippen molar-refractivity contribution < 1.29 is 0 Å². The van der Waals surface area contributed by atoms with Crippen LogP contribution in [0.2, 0.25) is 0 Å². The Labute approximate surface area is 477 Å². The van der Waals surface area contributed by atoms with Crippen LogP contribution in [0.3, 0.4) is 0 Å². The van der Waals surface area contributed by atoms with Crippen LogP contribution in [0.25, 0.3) is 151 Å². The molecular weight excluding hydrogens is 1010 g/mol. The van der Waals surface area contributed by atoms with E-state index in [1.807, 2.05) is 72.8 Å². The third kappa shape index (κ3) is 7.85. The van der Waals surface area contributed by atoms with Gasteiger partial charge in [0.1, 0.15) is 0 Å². The van der Waals surface area contributed by atoms with E-state index in [9.17, 15) is 0 Å². The Morgan fingerprint density at radius 2 is 0.542 bits per heavy atom. The first kappa shape index (κ1) is 47.8. The Kier molecular flexibility index (Phi) is 11.1. The lowest BCUT2D eigenvalue weighted by atomic mass is 9.98. The summed E-state index contributed by atoms with van der Waals surface area (Å²) >= 11 is 0. The molecule has 11 aromatic carbocycles. The Hall–Kier alpha value is -11.2. The minimum absolute atomic E-state index is 0.461. The summed E-state index contributed by atoms with van der Waals surface area (Å²) in [6, 6.07) is 91.6. The van der Waals surface area contributed by atoms with Crippen LogP contribution >= 0.6 is 0 Å². The second-order valence-corrected chi connectivity index (χ2v) is 21.2. The zero-order valence-electron chi connectivity index (χ0n) is 45.4. The molecule has 0 spiro atoms. The zero-order chi connectivity index (χ0) is 55.1. The number of hydrogen-bond donors (Lipinski definition) is 0. The fourth-order valence-corrected chi connectivity index (χ4v) is 12.3. The second-order valence-electron chi connectivity index (χ2n) is 21.2. The topological polar surface area (TPSA) is 92.1 Å². The average molecular weight is 1060 g/mol. The summed E-state index contributed by atoms with van der Waals surface area (Å²) in [6.07, 6.45) is 0. The van der Waals surface area contributed by atoms with Crippen LogP contribution in [0.5, 0.6) is 0 Å². The summed E-state index contributed by atoms with van der Waals surface area (Å²) < 4.78 is 7.29. The molecule has 0 aliphatic carbocycles. The fraction of sp³-hybridized carbons (Fsp3) is 0.0270. The van der Waals surface area contributed by atoms with Gasteiger partial charge in [-0.25, -0.2) is 29.9 Å². The number of para-hydroxylation sites is 4. The number of nitrogens with zero attached hydrogens (tertiary/aromatic N) is 9. The van der Waals surface area contributed by atoms with E-state index in [0.29, 0.717) is 34.9 Å². The average Bonchev–Trinajstić information content (AvgIpc) is 1.98. The predicted octanol–water partition coefficient (Wildman–Crippen LogP) is 18.0. The molecule has 0 atom stereocenters. The Balaban J connectivity index is 1.21. The van der Waals surface area contributed by atoms with E-state index in [4.69, 9.17) is 29.9 Å². The smallest absolute Gasteiger partial charge is 0.168 e. The van der Waals surface area contributed by atoms with Gasteiger partial charge in [-0.05, 0) is 68.4 Å². The first-order valence-electron chi connectivity index (χ1n) is 28.0. The normalized spacial score (nSPS) is 11.7. The van der Waals surface area contributed by atoms with Gasteiger partial charge in [-0.2, -0.15) is 0 Å². The molecule has 0 N–H and O–H groups in total. The molecule has 0 saturated carbocycles. The van der Waals surface area contributed by atoms with Gasteiger partial charge in [0.25, 0.3) is 0 Å². The SMILES string of the molecule is Cc1ccc2c(c1)c1ccccc1n2-c1cc(-c2nc(-c3ccccc3)nc(-c3ccccc3)n2)c(-n2c3ccccc3c3cc(C)ccc32)c(-c2nc(-c3ccccc3)nc(-c3ccccc3)n2)c1-n1c2ccccc2c2ccccc21. The predicted molar refractivity (Wildman–Crippen MR) is 338 cm³/mol. The fourth-order valence-electron chi connectivity index (χ4n) is 12.3. The lowest BCUT2D eigenvalue weighted by Crippen LogP contribution is -2.14. The highest BCUT2D eigenvalue weighted by molar-refractivity contribution is 6.15. The lowest BCUT2D eigenvalue weighted by molar-refractivity contribution is 1.03. The van der Waals surface area contributed by atoms with Crippen LogP contribution in [0, 0.1) is 13.8 Å². The molecule has 83 heavy (non-hydrogen) atoms. The molecular formula is C74H49N9. The molecule has 16 rings (SSSR count). The monoisotopic (exact) mass is 1060 g/mol. The van der Waals surface area contributed by atoms with Crippen molar-refractivity contribution in [3.8, 4) is 85.4 Å². The van der Waals surface area contributed by atoms with Crippen LogP contribution in [-0.4, -0.2) is 43.6 Å². The van der Waals surface area contributed by atoms with Gasteiger partial charge in [0.15, 0.2) is 34.9 Å². The third-order valence-electron chi connectivity index (χ3n) is 16.0. The summed E-state index contributed by atoms with van der Waals surface area (Å²) in [5.74, 6) is 3.07. The van der Waals surface area contributed by atoms with Crippen LogP contribution in [-0.2, 0) is 0 Å². The molecule has 0 fully saturated rings. The maximum absolute atomic E-state index is 5.79. The first-order valence-corrected chi connectivity index (χ1v) is 28.0. The van der Waals surface area contributed by atoms with Gasteiger partial charge in [0.2, 0.25) is 0 Å². The Morgan fingerprint density at radius 3 is 0.952 bits per heavy atom. The molecule has 390 valence electrons. The minimum atomic E-state index is 0.461. The molecule has 0 amide bonds. The number of aromatic nitrogens is 9. The number of fused-ring (bicyclic) bond motifs is 9. The van der Waals surface area contributed by atoms with Crippen molar-refractivity contribution in [1.82, 2.24) is 43.6 Å². The maximum atomic E-state index is 5.79. The highest BCUT2D eigenvalue weighted by Crippen LogP contribution is 2.50. The molecule has 0 radical (unpaired) electrons. The van der Waals surface area contributed by atoms with E-state index < -0.39 is 0 Å². The maximum Gasteiger partial charge on any atom is 0.168 e. The van der Waals surface area contributed by atoms with E-state index in [0.717, 1.165) is 121 Å². The lowest BCUT2D eigenvalue weighted by Gasteiger charge is -2.26. The van der Waals surface area contributed by atoms with E-state index in [1.54, 1.807) is 0 Å². The van der Waals surface area contributed by atoms with Crippen molar-refractivity contribution in [2.24, 2.45) is 0 Å².